The van der Waals surface area contributed by atoms with E-state index in [1.54, 1.807) is 0 Å². The average molecular weight is 235 g/mol. The Morgan fingerprint density at radius 1 is 1.47 bits per heavy atom. The summed E-state index contributed by atoms with van der Waals surface area (Å²) in [7, 11) is 4.22. The third-order valence-electron chi connectivity index (χ3n) is 3.39. The Hall–Kier alpha value is -0.930. The van der Waals surface area contributed by atoms with E-state index in [0.717, 1.165) is 13.1 Å². The molecule has 0 aliphatic rings. The summed E-state index contributed by atoms with van der Waals surface area (Å²) >= 11 is 0. The molecule has 0 bridgehead atoms. The highest BCUT2D eigenvalue weighted by Gasteiger charge is 2.15. The first-order valence-corrected chi connectivity index (χ1v) is 6.42. The Balaban J connectivity index is 2.45. The van der Waals surface area contributed by atoms with Crippen molar-refractivity contribution in [3.05, 3.63) is 30.1 Å². The average Bonchev–Trinajstić information content (AvgIpc) is 2.36. The van der Waals surface area contributed by atoms with Gasteiger partial charge < -0.3 is 10.2 Å². The van der Waals surface area contributed by atoms with Gasteiger partial charge in [0.2, 0.25) is 0 Å². The minimum absolute atomic E-state index is 0.557. The van der Waals surface area contributed by atoms with Crippen LogP contribution < -0.4 is 5.32 Å². The molecule has 0 aliphatic carbocycles. The Morgan fingerprint density at radius 2 is 2.24 bits per heavy atom. The molecule has 3 nitrogen and oxygen atoms in total. The quantitative estimate of drug-likeness (QED) is 0.785. The molecule has 2 unspecified atom stereocenters. The summed E-state index contributed by atoms with van der Waals surface area (Å²) in [6.45, 7) is 6.58. The molecule has 96 valence electrons. The maximum absolute atomic E-state index is 4.15. The summed E-state index contributed by atoms with van der Waals surface area (Å²) in [6.07, 6.45) is 4.97. The molecule has 3 heteroatoms. The lowest BCUT2D eigenvalue weighted by atomic mass is 9.99. The van der Waals surface area contributed by atoms with Gasteiger partial charge >= 0.3 is 0 Å². The van der Waals surface area contributed by atoms with Crippen LogP contribution in [0.4, 0.5) is 0 Å². The molecule has 1 heterocycles. The number of nitrogens with one attached hydrogen (secondary N) is 1. The second-order valence-corrected chi connectivity index (χ2v) is 4.84. The SMILES string of the molecule is CCC(C)C(CN(C)Cc1cccnc1)NC. The van der Waals surface area contributed by atoms with E-state index >= 15 is 0 Å². The first-order chi connectivity index (χ1) is 8.17. The fourth-order valence-corrected chi connectivity index (χ4v) is 2.04. The van der Waals surface area contributed by atoms with Crippen LogP contribution in [-0.2, 0) is 6.54 Å². The molecule has 1 aromatic heterocycles. The third kappa shape index (κ3) is 4.84. The summed E-state index contributed by atoms with van der Waals surface area (Å²) in [6, 6.07) is 4.68. The molecule has 0 saturated heterocycles. The van der Waals surface area contributed by atoms with Crippen LogP contribution in [-0.4, -0.2) is 36.6 Å². The number of nitrogens with zero attached hydrogens (tertiary/aromatic N) is 2. The molecule has 0 aliphatic heterocycles. The van der Waals surface area contributed by atoms with Crippen molar-refractivity contribution in [1.29, 1.82) is 0 Å². The number of pyridine rings is 1. The van der Waals surface area contributed by atoms with Crippen LogP contribution in [0.3, 0.4) is 0 Å². The monoisotopic (exact) mass is 235 g/mol. The van der Waals surface area contributed by atoms with Crippen LogP contribution in [0.15, 0.2) is 24.5 Å². The Labute approximate surface area is 105 Å². The van der Waals surface area contributed by atoms with Gasteiger partial charge in [-0.3, -0.25) is 4.98 Å². The second-order valence-electron chi connectivity index (χ2n) is 4.84. The molecule has 17 heavy (non-hydrogen) atoms. The lowest BCUT2D eigenvalue weighted by Crippen LogP contribution is -2.41. The standard InChI is InChI=1S/C14H25N3/c1-5-12(2)14(15-3)11-17(4)10-13-7-6-8-16-9-13/h6-9,12,14-15H,5,10-11H2,1-4H3. The summed E-state index contributed by atoms with van der Waals surface area (Å²) in [5.41, 5.74) is 1.27. The van der Waals surface area contributed by atoms with Gasteiger partial charge in [-0.2, -0.15) is 0 Å². The molecule has 0 radical (unpaired) electrons. The van der Waals surface area contributed by atoms with Gasteiger partial charge in [0.25, 0.3) is 0 Å². The smallest absolute Gasteiger partial charge is 0.0312 e. The zero-order valence-electron chi connectivity index (χ0n) is 11.5. The predicted octanol–water partition coefficient (Wildman–Crippen LogP) is 2.15. The van der Waals surface area contributed by atoms with Gasteiger partial charge in [-0.25, -0.2) is 0 Å². The van der Waals surface area contributed by atoms with Crippen molar-refractivity contribution in [2.24, 2.45) is 5.92 Å². The maximum Gasteiger partial charge on any atom is 0.0312 e. The van der Waals surface area contributed by atoms with E-state index in [-0.39, 0.29) is 0 Å². The minimum atomic E-state index is 0.557. The van der Waals surface area contributed by atoms with Crippen LogP contribution in [0.25, 0.3) is 0 Å². The van der Waals surface area contributed by atoms with E-state index in [1.165, 1.54) is 12.0 Å². The first kappa shape index (κ1) is 14.1. The van der Waals surface area contributed by atoms with Gasteiger partial charge in [0.15, 0.2) is 0 Å². The van der Waals surface area contributed by atoms with Gasteiger partial charge in [-0.15, -0.1) is 0 Å². The molecule has 2 atom stereocenters. The van der Waals surface area contributed by atoms with Crippen LogP contribution in [0.1, 0.15) is 25.8 Å². The second kappa shape index (κ2) is 7.41. The fraction of sp³-hybridized carbons (Fsp3) is 0.643. The molecule has 1 rings (SSSR count). The summed E-state index contributed by atoms with van der Waals surface area (Å²) in [4.78, 5) is 6.50. The van der Waals surface area contributed by atoms with Crippen molar-refractivity contribution in [3.63, 3.8) is 0 Å². The Kier molecular flexibility index (Phi) is 6.16. The summed E-state index contributed by atoms with van der Waals surface area (Å²) < 4.78 is 0. The lowest BCUT2D eigenvalue weighted by molar-refractivity contribution is 0.246. The highest BCUT2D eigenvalue weighted by molar-refractivity contribution is 5.07. The van der Waals surface area contributed by atoms with Crippen molar-refractivity contribution in [3.8, 4) is 0 Å². The number of rotatable bonds is 7. The highest BCUT2D eigenvalue weighted by Crippen LogP contribution is 2.10. The maximum atomic E-state index is 4.15. The van der Waals surface area contributed by atoms with Gasteiger partial charge in [0, 0.05) is 31.5 Å². The lowest BCUT2D eigenvalue weighted by Gasteiger charge is -2.27. The Morgan fingerprint density at radius 3 is 2.76 bits per heavy atom. The minimum Gasteiger partial charge on any atom is -0.315 e. The summed E-state index contributed by atoms with van der Waals surface area (Å²) in [5, 5.41) is 3.41. The fourth-order valence-electron chi connectivity index (χ4n) is 2.04. The van der Waals surface area contributed by atoms with Gasteiger partial charge in [-0.1, -0.05) is 26.3 Å². The van der Waals surface area contributed by atoms with Crippen molar-refractivity contribution in [2.45, 2.75) is 32.9 Å². The zero-order valence-corrected chi connectivity index (χ0v) is 11.5. The van der Waals surface area contributed by atoms with Crippen LogP contribution >= 0.6 is 0 Å². The van der Waals surface area contributed by atoms with E-state index in [9.17, 15) is 0 Å². The van der Waals surface area contributed by atoms with Crippen LogP contribution in [0.2, 0.25) is 0 Å². The third-order valence-corrected chi connectivity index (χ3v) is 3.39. The van der Waals surface area contributed by atoms with Crippen molar-refractivity contribution in [2.75, 3.05) is 20.6 Å². The normalized spacial score (nSPS) is 14.9. The van der Waals surface area contributed by atoms with Gasteiger partial charge in [0.05, 0.1) is 0 Å². The molecule has 1 N–H and O–H groups in total. The van der Waals surface area contributed by atoms with Gasteiger partial charge in [0.1, 0.15) is 0 Å². The van der Waals surface area contributed by atoms with E-state index in [4.69, 9.17) is 0 Å². The largest absolute Gasteiger partial charge is 0.315 e. The molecular formula is C14H25N3. The molecule has 0 spiro atoms. The molecular weight excluding hydrogens is 210 g/mol. The zero-order chi connectivity index (χ0) is 12.7. The number of hydrogen-bond acceptors (Lipinski definition) is 3. The van der Waals surface area contributed by atoms with Gasteiger partial charge in [-0.05, 0) is 31.6 Å². The van der Waals surface area contributed by atoms with Crippen LogP contribution in [0, 0.1) is 5.92 Å². The molecule has 0 amide bonds. The number of aromatic nitrogens is 1. The summed E-state index contributed by atoms with van der Waals surface area (Å²) in [5.74, 6) is 0.705. The molecule has 1 aromatic rings. The number of hydrogen-bond donors (Lipinski definition) is 1. The van der Waals surface area contributed by atoms with Crippen molar-refractivity contribution >= 4 is 0 Å². The molecule has 0 fully saturated rings. The van der Waals surface area contributed by atoms with Crippen molar-refractivity contribution < 1.29 is 0 Å². The highest BCUT2D eigenvalue weighted by atomic mass is 15.1. The van der Waals surface area contributed by atoms with E-state index in [2.05, 4.69) is 49.2 Å². The Bertz CT molecular complexity index is 300. The molecule has 0 aromatic carbocycles. The van der Waals surface area contributed by atoms with E-state index in [1.807, 2.05) is 18.5 Å². The van der Waals surface area contributed by atoms with E-state index < -0.39 is 0 Å². The predicted molar refractivity (Wildman–Crippen MR) is 72.9 cm³/mol. The first-order valence-electron chi connectivity index (χ1n) is 6.42. The van der Waals surface area contributed by atoms with E-state index in [0.29, 0.717) is 12.0 Å². The van der Waals surface area contributed by atoms with Crippen LogP contribution in [0.5, 0.6) is 0 Å². The van der Waals surface area contributed by atoms with Crippen molar-refractivity contribution in [1.82, 2.24) is 15.2 Å². The molecule has 0 saturated carbocycles. The number of likely N-dealkylation sites (N-methyl/N-ethyl adjacent to an activating group) is 2. The topological polar surface area (TPSA) is 28.2 Å².